The van der Waals surface area contributed by atoms with Crippen LogP contribution < -0.4 is 9.47 Å². The van der Waals surface area contributed by atoms with Gasteiger partial charge in [-0.2, -0.15) is 0 Å². The molecule has 0 saturated heterocycles. The smallest absolute Gasteiger partial charge is 0.165 e. The summed E-state index contributed by atoms with van der Waals surface area (Å²) in [5.41, 5.74) is 1.81. The van der Waals surface area contributed by atoms with E-state index in [1.54, 1.807) is 0 Å². The van der Waals surface area contributed by atoms with Gasteiger partial charge in [-0.15, -0.1) is 0 Å². The van der Waals surface area contributed by atoms with E-state index in [0.29, 0.717) is 19.6 Å². The first kappa shape index (κ1) is 11.0. The normalized spacial score (nSPS) is 13.8. The molecule has 2 rings (SSSR count). The molecule has 0 spiro atoms. The van der Waals surface area contributed by atoms with Crippen molar-refractivity contribution >= 4 is 5.78 Å². The lowest BCUT2D eigenvalue weighted by atomic mass is 10.1. The molecule has 1 aliphatic rings. The molecule has 0 atom stereocenters. The van der Waals surface area contributed by atoms with Crippen molar-refractivity contribution in [2.75, 3.05) is 13.2 Å². The monoisotopic (exact) mass is 220 g/mol. The second-order valence-electron chi connectivity index (χ2n) is 3.71. The SMILES string of the molecule is CCOc1ccc2c(c1OCC)CCC2=O. The molecule has 0 heterocycles. The van der Waals surface area contributed by atoms with Crippen LogP contribution in [0.15, 0.2) is 12.1 Å². The first-order valence-corrected chi connectivity index (χ1v) is 5.72. The Labute approximate surface area is 95.4 Å². The van der Waals surface area contributed by atoms with Crippen molar-refractivity contribution in [2.45, 2.75) is 26.7 Å². The van der Waals surface area contributed by atoms with Crippen LogP contribution in [0.25, 0.3) is 0 Å². The fraction of sp³-hybridized carbons (Fsp3) is 0.462. The molecule has 3 heteroatoms. The van der Waals surface area contributed by atoms with Crippen molar-refractivity contribution < 1.29 is 14.3 Å². The topological polar surface area (TPSA) is 35.5 Å². The van der Waals surface area contributed by atoms with Crippen LogP contribution >= 0.6 is 0 Å². The number of rotatable bonds is 4. The Morgan fingerprint density at radius 3 is 2.56 bits per heavy atom. The Morgan fingerprint density at radius 2 is 1.88 bits per heavy atom. The van der Waals surface area contributed by atoms with Crippen LogP contribution in [0, 0.1) is 0 Å². The summed E-state index contributed by atoms with van der Waals surface area (Å²) in [6.07, 6.45) is 1.36. The van der Waals surface area contributed by atoms with E-state index in [4.69, 9.17) is 9.47 Å². The predicted molar refractivity (Wildman–Crippen MR) is 61.4 cm³/mol. The summed E-state index contributed by atoms with van der Waals surface area (Å²) in [4.78, 5) is 11.6. The van der Waals surface area contributed by atoms with E-state index >= 15 is 0 Å². The van der Waals surface area contributed by atoms with E-state index in [9.17, 15) is 4.79 Å². The molecular weight excluding hydrogens is 204 g/mol. The highest BCUT2D eigenvalue weighted by atomic mass is 16.5. The highest BCUT2D eigenvalue weighted by molar-refractivity contribution is 6.01. The van der Waals surface area contributed by atoms with Crippen LogP contribution in [0.5, 0.6) is 11.5 Å². The Morgan fingerprint density at radius 1 is 1.12 bits per heavy atom. The molecular formula is C13H16O3. The van der Waals surface area contributed by atoms with Crippen molar-refractivity contribution in [3.05, 3.63) is 23.3 Å². The van der Waals surface area contributed by atoms with Crippen LogP contribution in [0.4, 0.5) is 0 Å². The molecule has 0 radical (unpaired) electrons. The summed E-state index contributed by atoms with van der Waals surface area (Å²) in [7, 11) is 0. The Bertz CT molecular complexity index is 410. The molecule has 0 aliphatic heterocycles. The number of ketones is 1. The quantitative estimate of drug-likeness (QED) is 0.782. The van der Waals surface area contributed by atoms with Gasteiger partial charge >= 0.3 is 0 Å². The molecule has 0 unspecified atom stereocenters. The van der Waals surface area contributed by atoms with Crippen molar-refractivity contribution in [1.29, 1.82) is 0 Å². The van der Waals surface area contributed by atoms with Crippen molar-refractivity contribution in [3.63, 3.8) is 0 Å². The van der Waals surface area contributed by atoms with Gasteiger partial charge in [-0.25, -0.2) is 0 Å². The van der Waals surface area contributed by atoms with Gasteiger partial charge in [0.05, 0.1) is 13.2 Å². The molecule has 1 aliphatic carbocycles. The maximum atomic E-state index is 11.6. The van der Waals surface area contributed by atoms with Crippen LogP contribution in [-0.2, 0) is 6.42 Å². The third-order valence-corrected chi connectivity index (χ3v) is 2.72. The molecule has 0 aromatic heterocycles. The number of ether oxygens (including phenoxy) is 2. The van der Waals surface area contributed by atoms with Crippen molar-refractivity contribution in [1.82, 2.24) is 0 Å². The summed E-state index contributed by atoms with van der Waals surface area (Å²) in [5, 5.41) is 0. The standard InChI is InChI=1S/C13H16O3/c1-3-15-12-8-6-9-10(5-7-11(9)14)13(12)16-4-2/h6,8H,3-5,7H2,1-2H3. The molecule has 1 aromatic rings. The van der Waals surface area contributed by atoms with Gasteiger partial charge in [0, 0.05) is 17.5 Å². The molecule has 1 aromatic carbocycles. The highest BCUT2D eigenvalue weighted by Gasteiger charge is 2.25. The van der Waals surface area contributed by atoms with Crippen LogP contribution in [0.3, 0.4) is 0 Å². The minimum atomic E-state index is 0.207. The second-order valence-corrected chi connectivity index (χ2v) is 3.71. The summed E-state index contributed by atoms with van der Waals surface area (Å²) in [6.45, 7) is 5.07. The first-order valence-electron chi connectivity index (χ1n) is 5.72. The predicted octanol–water partition coefficient (Wildman–Crippen LogP) is 2.61. The summed E-state index contributed by atoms with van der Waals surface area (Å²) < 4.78 is 11.1. The largest absolute Gasteiger partial charge is 0.490 e. The van der Waals surface area contributed by atoms with Gasteiger partial charge in [0.1, 0.15) is 0 Å². The van der Waals surface area contributed by atoms with Crippen LogP contribution in [-0.4, -0.2) is 19.0 Å². The Hall–Kier alpha value is -1.51. The van der Waals surface area contributed by atoms with Crippen molar-refractivity contribution in [2.24, 2.45) is 0 Å². The molecule has 0 fully saturated rings. The second kappa shape index (κ2) is 4.56. The zero-order valence-corrected chi connectivity index (χ0v) is 9.71. The number of benzene rings is 1. The van der Waals surface area contributed by atoms with E-state index in [2.05, 4.69) is 0 Å². The average Bonchev–Trinajstić information content (AvgIpc) is 2.65. The number of hydrogen-bond acceptors (Lipinski definition) is 3. The van der Waals surface area contributed by atoms with Gasteiger partial charge in [-0.3, -0.25) is 4.79 Å². The number of carbonyl (C=O) groups is 1. The van der Waals surface area contributed by atoms with Crippen LogP contribution in [0.1, 0.15) is 36.2 Å². The third-order valence-electron chi connectivity index (χ3n) is 2.72. The van der Waals surface area contributed by atoms with E-state index in [-0.39, 0.29) is 5.78 Å². The minimum Gasteiger partial charge on any atom is -0.490 e. The molecule has 0 amide bonds. The van der Waals surface area contributed by atoms with E-state index in [0.717, 1.165) is 29.0 Å². The fourth-order valence-electron chi connectivity index (χ4n) is 2.06. The molecule has 0 saturated carbocycles. The van der Waals surface area contributed by atoms with Crippen LogP contribution in [0.2, 0.25) is 0 Å². The molecule has 3 nitrogen and oxygen atoms in total. The van der Waals surface area contributed by atoms with Gasteiger partial charge in [0.2, 0.25) is 0 Å². The number of fused-ring (bicyclic) bond motifs is 1. The lowest BCUT2D eigenvalue weighted by Gasteiger charge is -2.14. The Kier molecular flexibility index (Phi) is 3.13. The zero-order valence-electron chi connectivity index (χ0n) is 9.71. The lowest BCUT2D eigenvalue weighted by molar-refractivity contribution is 0.0994. The summed E-state index contributed by atoms with van der Waals surface area (Å²) in [5.74, 6) is 1.71. The number of carbonyl (C=O) groups excluding carboxylic acids is 1. The van der Waals surface area contributed by atoms with Gasteiger partial charge in [-0.05, 0) is 32.4 Å². The summed E-state index contributed by atoms with van der Waals surface area (Å²) >= 11 is 0. The molecule has 16 heavy (non-hydrogen) atoms. The van der Waals surface area contributed by atoms with Crippen molar-refractivity contribution in [3.8, 4) is 11.5 Å². The lowest BCUT2D eigenvalue weighted by Crippen LogP contribution is -2.02. The van der Waals surface area contributed by atoms with Gasteiger partial charge < -0.3 is 9.47 Å². The average molecular weight is 220 g/mol. The Balaban J connectivity index is 2.46. The molecule has 0 bridgehead atoms. The molecule has 86 valence electrons. The minimum absolute atomic E-state index is 0.207. The van der Waals surface area contributed by atoms with E-state index in [1.165, 1.54) is 0 Å². The number of hydrogen-bond donors (Lipinski definition) is 0. The third kappa shape index (κ3) is 1.77. The summed E-state index contributed by atoms with van der Waals surface area (Å²) in [6, 6.07) is 3.68. The van der Waals surface area contributed by atoms with E-state index in [1.807, 2.05) is 26.0 Å². The van der Waals surface area contributed by atoms with E-state index < -0.39 is 0 Å². The molecule has 0 N–H and O–H groups in total. The first-order chi connectivity index (χ1) is 7.77. The van der Waals surface area contributed by atoms with Gasteiger partial charge in [0.15, 0.2) is 17.3 Å². The number of Topliss-reactive ketones (excluding diaryl/α,β-unsaturated/α-hetero) is 1. The van der Waals surface area contributed by atoms with Gasteiger partial charge in [0.25, 0.3) is 0 Å². The zero-order chi connectivity index (χ0) is 11.5. The maximum Gasteiger partial charge on any atom is 0.165 e. The fourth-order valence-corrected chi connectivity index (χ4v) is 2.06. The highest BCUT2D eigenvalue weighted by Crippen LogP contribution is 2.38. The van der Waals surface area contributed by atoms with Gasteiger partial charge in [-0.1, -0.05) is 0 Å². The maximum absolute atomic E-state index is 11.6.